The molecular weight excluding hydrogens is 364 g/mol. The van der Waals surface area contributed by atoms with E-state index in [2.05, 4.69) is 15.4 Å². The molecule has 0 saturated heterocycles. The Morgan fingerprint density at radius 2 is 1.64 bits per heavy atom. The van der Waals surface area contributed by atoms with E-state index in [1.165, 1.54) is 14.0 Å². The molecule has 2 amide bonds. The maximum absolute atomic E-state index is 12.7. The van der Waals surface area contributed by atoms with Crippen LogP contribution >= 0.6 is 0 Å². The van der Waals surface area contributed by atoms with Crippen LogP contribution in [0, 0.1) is 13.8 Å². The zero-order valence-corrected chi connectivity index (χ0v) is 17.5. The number of carbonyl (C=O) groups is 3. The van der Waals surface area contributed by atoms with Crippen molar-refractivity contribution in [2.45, 2.75) is 65.6 Å². The van der Waals surface area contributed by atoms with Crippen molar-refractivity contribution < 1.29 is 29.0 Å². The van der Waals surface area contributed by atoms with E-state index in [1.54, 1.807) is 32.9 Å². The van der Waals surface area contributed by atoms with Crippen molar-refractivity contribution in [1.29, 1.82) is 0 Å². The number of carbonyl (C=O) groups excluding carboxylic acids is 3. The Morgan fingerprint density at radius 1 is 1.11 bits per heavy atom. The summed E-state index contributed by atoms with van der Waals surface area (Å²) in [5.41, 5.74) is 1.64. The number of phenolic OH excluding ortho intramolecular Hbond substituents is 1. The van der Waals surface area contributed by atoms with Gasteiger partial charge in [0.2, 0.25) is 5.91 Å². The van der Waals surface area contributed by atoms with E-state index in [0.29, 0.717) is 0 Å². The quantitative estimate of drug-likeness (QED) is 0.637. The number of hydrogen-bond acceptors (Lipinski definition) is 6. The molecule has 0 aromatic heterocycles. The maximum atomic E-state index is 12.7. The van der Waals surface area contributed by atoms with Gasteiger partial charge in [-0.05, 0) is 70.4 Å². The van der Waals surface area contributed by atoms with Crippen molar-refractivity contribution in [2.75, 3.05) is 7.11 Å². The van der Waals surface area contributed by atoms with Crippen molar-refractivity contribution in [3.05, 3.63) is 28.8 Å². The summed E-state index contributed by atoms with van der Waals surface area (Å²) in [7, 11) is 1.23. The highest BCUT2D eigenvalue weighted by atomic mass is 16.6. The third-order valence-corrected chi connectivity index (χ3v) is 4.01. The first-order valence-electron chi connectivity index (χ1n) is 9.01. The molecule has 3 N–H and O–H groups in total. The topological polar surface area (TPSA) is 114 Å². The Labute approximate surface area is 165 Å². The molecule has 0 bridgehead atoms. The lowest BCUT2D eigenvalue weighted by Crippen LogP contribution is -2.52. The second-order valence-electron chi connectivity index (χ2n) is 7.71. The normalized spacial score (nSPS) is 13.2. The third kappa shape index (κ3) is 7.09. The van der Waals surface area contributed by atoms with E-state index < -0.39 is 35.7 Å². The Bertz CT molecular complexity index is 716. The number of rotatable bonds is 6. The van der Waals surface area contributed by atoms with Crippen LogP contribution < -0.4 is 10.6 Å². The minimum absolute atomic E-state index is 0.124. The smallest absolute Gasteiger partial charge is 0.408 e. The van der Waals surface area contributed by atoms with Crippen LogP contribution in [0.1, 0.15) is 44.4 Å². The SMILES string of the molecule is COC(=O)[C@@H](C)NC(=O)C(Cc1c(C)cc(O)cc1C)NC(=O)OC(C)(C)C. The molecule has 8 heteroatoms. The van der Waals surface area contributed by atoms with Crippen LogP contribution in [0.5, 0.6) is 5.75 Å². The summed E-state index contributed by atoms with van der Waals surface area (Å²) in [6, 6.07) is 1.32. The van der Waals surface area contributed by atoms with E-state index in [0.717, 1.165) is 16.7 Å². The molecule has 1 rings (SSSR count). The number of esters is 1. The Balaban J connectivity index is 3.08. The van der Waals surface area contributed by atoms with Gasteiger partial charge in [0.25, 0.3) is 0 Å². The number of amides is 2. The van der Waals surface area contributed by atoms with Crippen molar-refractivity contribution in [2.24, 2.45) is 0 Å². The summed E-state index contributed by atoms with van der Waals surface area (Å²) >= 11 is 0. The number of hydrogen-bond donors (Lipinski definition) is 3. The van der Waals surface area contributed by atoms with E-state index in [-0.39, 0.29) is 12.2 Å². The standard InChI is InChI=1S/C20H30N2O6/c1-11-8-14(23)9-12(2)15(11)10-16(22-19(26)28-20(4,5)6)17(24)21-13(3)18(25)27-7/h8-9,13,16,23H,10H2,1-7H3,(H,21,24)(H,22,26)/t13-,16?/m1/s1. The van der Waals surface area contributed by atoms with Gasteiger partial charge in [-0.15, -0.1) is 0 Å². The van der Waals surface area contributed by atoms with Gasteiger partial charge in [0.05, 0.1) is 7.11 Å². The number of benzene rings is 1. The zero-order valence-electron chi connectivity index (χ0n) is 17.5. The van der Waals surface area contributed by atoms with Gasteiger partial charge in [-0.1, -0.05) is 0 Å². The van der Waals surface area contributed by atoms with Crippen molar-refractivity contribution in [3.8, 4) is 5.75 Å². The van der Waals surface area contributed by atoms with Crippen molar-refractivity contribution >= 4 is 18.0 Å². The molecule has 0 saturated carbocycles. The van der Waals surface area contributed by atoms with Crippen molar-refractivity contribution in [1.82, 2.24) is 10.6 Å². The Morgan fingerprint density at radius 3 is 2.11 bits per heavy atom. The average molecular weight is 394 g/mol. The number of ether oxygens (including phenoxy) is 2. The van der Waals surface area contributed by atoms with Gasteiger partial charge in [0.15, 0.2) is 0 Å². The molecule has 1 aromatic rings. The van der Waals surface area contributed by atoms with Gasteiger partial charge >= 0.3 is 12.1 Å². The van der Waals surface area contributed by atoms with Gasteiger partial charge in [-0.2, -0.15) is 0 Å². The lowest BCUT2D eigenvalue weighted by molar-refractivity contribution is -0.144. The third-order valence-electron chi connectivity index (χ3n) is 4.01. The Hall–Kier alpha value is -2.77. The van der Waals surface area contributed by atoms with Gasteiger partial charge < -0.3 is 25.2 Å². The van der Waals surface area contributed by atoms with Gasteiger partial charge in [0.1, 0.15) is 23.4 Å². The summed E-state index contributed by atoms with van der Waals surface area (Å²) in [6.45, 7) is 10.3. The van der Waals surface area contributed by atoms with Crippen LogP contribution in [0.2, 0.25) is 0 Å². The monoisotopic (exact) mass is 394 g/mol. The predicted molar refractivity (Wildman–Crippen MR) is 104 cm³/mol. The largest absolute Gasteiger partial charge is 0.508 e. The molecule has 0 aliphatic carbocycles. The fraction of sp³-hybridized carbons (Fsp3) is 0.550. The van der Waals surface area contributed by atoms with Crippen LogP contribution in [-0.2, 0) is 25.5 Å². The molecule has 2 atom stereocenters. The molecule has 1 aromatic carbocycles. The minimum Gasteiger partial charge on any atom is -0.508 e. The molecule has 1 unspecified atom stereocenters. The van der Waals surface area contributed by atoms with E-state index in [4.69, 9.17) is 4.74 Å². The van der Waals surface area contributed by atoms with Gasteiger partial charge in [-0.3, -0.25) is 4.79 Å². The summed E-state index contributed by atoms with van der Waals surface area (Å²) in [6.07, 6.45) is -0.579. The average Bonchev–Trinajstić information content (AvgIpc) is 2.54. The first-order chi connectivity index (χ1) is 12.8. The van der Waals surface area contributed by atoms with Crippen LogP contribution in [0.3, 0.4) is 0 Å². The van der Waals surface area contributed by atoms with E-state index in [9.17, 15) is 19.5 Å². The zero-order chi connectivity index (χ0) is 21.6. The highest BCUT2D eigenvalue weighted by Gasteiger charge is 2.28. The lowest BCUT2D eigenvalue weighted by Gasteiger charge is -2.25. The fourth-order valence-corrected chi connectivity index (χ4v) is 2.71. The molecule has 156 valence electrons. The highest BCUT2D eigenvalue weighted by molar-refractivity contribution is 5.89. The molecule has 28 heavy (non-hydrogen) atoms. The number of alkyl carbamates (subject to hydrolysis) is 1. The van der Waals surface area contributed by atoms with Crippen LogP contribution in [0.4, 0.5) is 4.79 Å². The first kappa shape index (κ1) is 23.3. The number of nitrogens with one attached hydrogen (secondary N) is 2. The molecule has 8 nitrogen and oxygen atoms in total. The maximum Gasteiger partial charge on any atom is 0.408 e. The summed E-state index contributed by atoms with van der Waals surface area (Å²) < 4.78 is 9.86. The van der Waals surface area contributed by atoms with Crippen molar-refractivity contribution in [3.63, 3.8) is 0 Å². The number of aromatic hydroxyl groups is 1. The van der Waals surface area contributed by atoms with Gasteiger partial charge in [0, 0.05) is 6.42 Å². The number of methoxy groups -OCH3 is 1. The fourth-order valence-electron chi connectivity index (χ4n) is 2.71. The summed E-state index contributed by atoms with van der Waals surface area (Å²) in [5.74, 6) is -1.02. The van der Waals surface area contributed by atoms with Crippen LogP contribution in [-0.4, -0.2) is 47.9 Å². The minimum atomic E-state index is -0.983. The highest BCUT2D eigenvalue weighted by Crippen LogP contribution is 2.22. The second kappa shape index (κ2) is 9.43. The molecule has 0 heterocycles. The first-order valence-corrected chi connectivity index (χ1v) is 9.01. The molecule has 0 spiro atoms. The summed E-state index contributed by atoms with van der Waals surface area (Å²) in [5, 5.41) is 14.8. The predicted octanol–water partition coefficient (Wildman–Crippen LogP) is 2.12. The van der Waals surface area contributed by atoms with Gasteiger partial charge in [-0.25, -0.2) is 9.59 Å². The number of phenols is 1. The molecular formula is C20H30N2O6. The number of aryl methyl sites for hydroxylation is 2. The molecule has 0 aliphatic heterocycles. The van der Waals surface area contributed by atoms with E-state index >= 15 is 0 Å². The lowest BCUT2D eigenvalue weighted by atomic mass is 9.95. The molecule has 0 fully saturated rings. The second-order valence-corrected chi connectivity index (χ2v) is 7.71. The summed E-state index contributed by atoms with van der Waals surface area (Å²) in [4.78, 5) is 36.6. The molecule has 0 aliphatic rings. The van der Waals surface area contributed by atoms with Crippen LogP contribution in [0.15, 0.2) is 12.1 Å². The molecule has 0 radical (unpaired) electrons. The van der Waals surface area contributed by atoms with Crippen LogP contribution in [0.25, 0.3) is 0 Å². The Kier molecular flexibility index (Phi) is 7.84. The van der Waals surface area contributed by atoms with E-state index in [1.807, 2.05) is 13.8 Å².